The molecule has 166 valence electrons. The van der Waals surface area contributed by atoms with E-state index in [2.05, 4.69) is 21.2 Å². The second-order valence-electron chi connectivity index (χ2n) is 7.03. The van der Waals surface area contributed by atoms with Crippen molar-refractivity contribution in [3.63, 3.8) is 0 Å². The maximum Gasteiger partial charge on any atom is 0.258 e. The Morgan fingerprint density at radius 3 is 1.88 bits per heavy atom. The zero-order valence-corrected chi connectivity index (χ0v) is 19.6. The van der Waals surface area contributed by atoms with E-state index in [-0.39, 0.29) is 18.3 Å². The van der Waals surface area contributed by atoms with E-state index < -0.39 is 6.04 Å². The third kappa shape index (κ3) is 5.88. The number of rotatable bonds is 9. The zero-order valence-electron chi connectivity index (χ0n) is 18.1. The summed E-state index contributed by atoms with van der Waals surface area (Å²) in [6.45, 7) is 1.23. The van der Waals surface area contributed by atoms with Gasteiger partial charge in [0, 0.05) is 4.47 Å². The summed E-state index contributed by atoms with van der Waals surface area (Å²) in [5.74, 6) is 1.35. The van der Waals surface area contributed by atoms with Gasteiger partial charge in [0.05, 0.1) is 25.8 Å². The number of Topliss-reactive ketones (excluding diaryl/α,β-unsaturated/α-hetero) is 1. The highest BCUT2D eigenvalue weighted by Gasteiger charge is 2.19. The van der Waals surface area contributed by atoms with Gasteiger partial charge in [0.1, 0.15) is 17.2 Å². The number of halogens is 1. The predicted octanol–water partition coefficient (Wildman–Crippen LogP) is 4.95. The summed E-state index contributed by atoms with van der Waals surface area (Å²) in [5.41, 5.74) is 2.18. The Morgan fingerprint density at radius 2 is 1.41 bits per heavy atom. The van der Waals surface area contributed by atoms with Crippen molar-refractivity contribution in [1.29, 1.82) is 0 Å². The van der Waals surface area contributed by atoms with Gasteiger partial charge in [-0.1, -0.05) is 40.2 Å². The smallest absolute Gasteiger partial charge is 0.258 e. The number of amides is 1. The summed E-state index contributed by atoms with van der Waals surface area (Å²) in [6.07, 6.45) is 0. The second kappa shape index (κ2) is 10.8. The topological polar surface area (TPSA) is 73.9 Å². The van der Waals surface area contributed by atoms with Crippen LogP contribution >= 0.6 is 15.9 Å². The van der Waals surface area contributed by atoms with Gasteiger partial charge < -0.3 is 19.5 Å². The van der Waals surface area contributed by atoms with Crippen LogP contribution in [-0.2, 0) is 4.79 Å². The molecule has 0 bridgehead atoms. The fraction of sp³-hybridized carbons (Fsp3) is 0.200. The van der Waals surface area contributed by atoms with E-state index in [4.69, 9.17) is 14.2 Å². The quantitative estimate of drug-likeness (QED) is 0.423. The number of benzene rings is 3. The molecule has 0 unspecified atom stereocenters. The summed E-state index contributed by atoms with van der Waals surface area (Å²) in [4.78, 5) is 24.7. The molecule has 0 spiro atoms. The first-order valence-corrected chi connectivity index (χ1v) is 10.7. The molecule has 0 fully saturated rings. The van der Waals surface area contributed by atoms with Crippen molar-refractivity contribution < 1.29 is 23.8 Å². The third-order valence-corrected chi connectivity index (χ3v) is 5.38. The molecule has 32 heavy (non-hydrogen) atoms. The van der Waals surface area contributed by atoms with Crippen LogP contribution in [0.15, 0.2) is 71.2 Å². The molecule has 0 aliphatic carbocycles. The Bertz CT molecular complexity index is 1030. The summed E-state index contributed by atoms with van der Waals surface area (Å²) in [6, 6.07) is 19.7. The fourth-order valence-corrected chi connectivity index (χ4v) is 3.56. The molecule has 3 aromatic carbocycles. The largest absolute Gasteiger partial charge is 0.497 e. The lowest BCUT2D eigenvalue weighted by molar-refractivity contribution is -0.123. The monoisotopic (exact) mass is 497 g/mol. The molecular weight excluding hydrogens is 474 g/mol. The van der Waals surface area contributed by atoms with Crippen LogP contribution < -0.4 is 19.5 Å². The van der Waals surface area contributed by atoms with Gasteiger partial charge in [0.2, 0.25) is 0 Å². The molecule has 0 saturated heterocycles. The molecule has 7 heteroatoms. The lowest BCUT2D eigenvalue weighted by Crippen LogP contribution is -2.33. The van der Waals surface area contributed by atoms with Crippen molar-refractivity contribution in [3.05, 3.63) is 87.9 Å². The summed E-state index contributed by atoms with van der Waals surface area (Å²) >= 11 is 3.34. The SMILES string of the molecule is COc1ccc(C(NC(=O)COc2ccc(Br)cc2C(C)=O)c2ccc(OC)cc2)cc1. The average Bonchev–Trinajstić information content (AvgIpc) is 2.82. The Kier molecular flexibility index (Phi) is 7.89. The molecule has 0 heterocycles. The third-order valence-electron chi connectivity index (χ3n) is 4.88. The minimum Gasteiger partial charge on any atom is -0.497 e. The van der Waals surface area contributed by atoms with Gasteiger partial charge in [-0.3, -0.25) is 9.59 Å². The molecule has 6 nitrogen and oxygen atoms in total. The zero-order chi connectivity index (χ0) is 23.1. The van der Waals surface area contributed by atoms with E-state index in [0.29, 0.717) is 11.3 Å². The Hall–Kier alpha value is -3.32. The molecular formula is C25H24BrNO5. The number of nitrogens with one attached hydrogen (secondary N) is 1. The van der Waals surface area contributed by atoms with Crippen LogP contribution in [0.25, 0.3) is 0 Å². The fourth-order valence-electron chi connectivity index (χ4n) is 3.20. The van der Waals surface area contributed by atoms with Crippen LogP contribution in [0.3, 0.4) is 0 Å². The van der Waals surface area contributed by atoms with Gasteiger partial charge in [0.25, 0.3) is 5.91 Å². The Morgan fingerprint density at radius 1 is 0.875 bits per heavy atom. The summed E-state index contributed by atoms with van der Waals surface area (Å²) in [5, 5.41) is 3.02. The molecule has 0 atom stereocenters. The maximum atomic E-state index is 12.8. The van der Waals surface area contributed by atoms with Crippen molar-refractivity contribution in [3.8, 4) is 17.2 Å². The Labute approximate surface area is 195 Å². The van der Waals surface area contributed by atoms with Crippen LogP contribution in [0.2, 0.25) is 0 Å². The minimum atomic E-state index is -0.403. The minimum absolute atomic E-state index is 0.143. The van der Waals surface area contributed by atoms with Crippen LogP contribution in [0, 0.1) is 0 Å². The number of ether oxygens (including phenoxy) is 3. The lowest BCUT2D eigenvalue weighted by Gasteiger charge is -2.21. The van der Waals surface area contributed by atoms with Gasteiger partial charge >= 0.3 is 0 Å². The predicted molar refractivity (Wildman–Crippen MR) is 126 cm³/mol. The highest BCUT2D eigenvalue weighted by molar-refractivity contribution is 9.10. The molecule has 0 saturated carbocycles. The molecule has 1 N–H and O–H groups in total. The van der Waals surface area contributed by atoms with E-state index in [1.54, 1.807) is 32.4 Å². The van der Waals surface area contributed by atoms with Crippen LogP contribution in [-0.4, -0.2) is 32.5 Å². The van der Waals surface area contributed by atoms with Crippen molar-refractivity contribution >= 4 is 27.6 Å². The average molecular weight is 498 g/mol. The van der Waals surface area contributed by atoms with E-state index >= 15 is 0 Å². The number of hydrogen-bond acceptors (Lipinski definition) is 5. The van der Waals surface area contributed by atoms with Crippen molar-refractivity contribution in [2.45, 2.75) is 13.0 Å². The first-order chi connectivity index (χ1) is 15.4. The number of methoxy groups -OCH3 is 2. The van der Waals surface area contributed by atoms with Gasteiger partial charge in [-0.2, -0.15) is 0 Å². The number of carbonyl (C=O) groups excluding carboxylic acids is 2. The standard InChI is InChI=1S/C25H24BrNO5/c1-16(28)22-14-19(26)8-13-23(22)32-15-24(29)27-25(17-4-9-20(30-2)10-5-17)18-6-11-21(31-3)12-7-18/h4-14,25H,15H2,1-3H3,(H,27,29). The van der Waals surface area contributed by atoms with Gasteiger partial charge in [0.15, 0.2) is 12.4 Å². The van der Waals surface area contributed by atoms with Crippen LogP contribution in [0.1, 0.15) is 34.5 Å². The van der Waals surface area contributed by atoms with E-state index in [0.717, 1.165) is 27.1 Å². The molecule has 3 aromatic rings. The number of ketones is 1. The number of hydrogen-bond donors (Lipinski definition) is 1. The second-order valence-corrected chi connectivity index (χ2v) is 7.95. The van der Waals surface area contributed by atoms with E-state index in [1.165, 1.54) is 6.92 Å². The number of carbonyl (C=O) groups is 2. The van der Waals surface area contributed by atoms with Crippen molar-refractivity contribution in [1.82, 2.24) is 5.32 Å². The first kappa shape index (κ1) is 23.3. The molecule has 0 radical (unpaired) electrons. The normalized spacial score (nSPS) is 10.5. The van der Waals surface area contributed by atoms with Gasteiger partial charge in [-0.25, -0.2) is 0 Å². The van der Waals surface area contributed by atoms with E-state index in [9.17, 15) is 9.59 Å². The molecule has 1 amide bonds. The summed E-state index contributed by atoms with van der Waals surface area (Å²) < 4.78 is 16.9. The van der Waals surface area contributed by atoms with Crippen molar-refractivity contribution in [2.24, 2.45) is 0 Å². The van der Waals surface area contributed by atoms with Gasteiger partial charge in [-0.15, -0.1) is 0 Å². The van der Waals surface area contributed by atoms with Gasteiger partial charge in [-0.05, 0) is 60.5 Å². The molecule has 0 aromatic heterocycles. The van der Waals surface area contributed by atoms with Crippen LogP contribution in [0.4, 0.5) is 0 Å². The van der Waals surface area contributed by atoms with Crippen LogP contribution in [0.5, 0.6) is 17.2 Å². The highest BCUT2D eigenvalue weighted by atomic mass is 79.9. The van der Waals surface area contributed by atoms with E-state index in [1.807, 2.05) is 48.5 Å². The Balaban J connectivity index is 1.79. The highest BCUT2D eigenvalue weighted by Crippen LogP contribution is 2.27. The maximum absolute atomic E-state index is 12.8. The molecule has 0 aliphatic rings. The molecule has 0 aliphatic heterocycles. The summed E-state index contributed by atoms with van der Waals surface area (Å²) in [7, 11) is 3.21. The lowest BCUT2D eigenvalue weighted by atomic mass is 9.98. The first-order valence-electron chi connectivity index (χ1n) is 9.92. The molecule has 3 rings (SSSR count). The van der Waals surface area contributed by atoms with Crippen molar-refractivity contribution in [2.75, 3.05) is 20.8 Å².